The Balaban J connectivity index is 1.92. The summed E-state index contributed by atoms with van der Waals surface area (Å²) in [5.41, 5.74) is 0.249. The first-order valence-electron chi connectivity index (χ1n) is 7.28. The van der Waals surface area contributed by atoms with Gasteiger partial charge in [0.05, 0.1) is 19.9 Å². The van der Waals surface area contributed by atoms with Crippen molar-refractivity contribution in [2.24, 2.45) is 0 Å². The summed E-state index contributed by atoms with van der Waals surface area (Å²) in [5.74, 6) is -1.00. The third kappa shape index (κ3) is 3.23. The molecule has 1 aliphatic heterocycles. The van der Waals surface area contributed by atoms with Crippen LogP contribution in [0.3, 0.4) is 0 Å². The number of carbonyl (C=O) groups is 3. The lowest BCUT2D eigenvalue weighted by Crippen LogP contribution is -2.53. The number of aromatic hydroxyl groups is 1. The van der Waals surface area contributed by atoms with Gasteiger partial charge in [-0.05, 0) is 35.9 Å². The summed E-state index contributed by atoms with van der Waals surface area (Å²) in [6.45, 7) is -0.0960. The quantitative estimate of drug-likeness (QED) is 0.646. The van der Waals surface area contributed by atoms with E-state index >= 15 is 0 Å². The van der Waals surface area contributed by atoms with Gasteiger partial charge in [-0.1, -0.05) is 6.07 Å². The second kappa shape index (κ2) is 6.52. The largest absolute Gasteiger partial charge is 0.504 e. The Hall–Kier alpha value is -3.55. The van der Waals surface area contributed by atoms with Crippen LogP contribution in [0.2, 0.25) is 0 Å². The van der Waals surface area contributed by atoms with Crippen molar-refractivity contribution in [3.8, 4) is 11.5 Å². The average molecular weight is 342 g/mol. The minimum absolute atomic E-state index is 0.0707. The normalized spacial score (nSPS) is 16.3. The second-order valence-electron chi connectivity index (χ2n) is 5.22. The monoisotopic (exact) mass is 342 g/mol. The molecule has 0 bridgehead atoms. The topological polar surface area (TPSA) is 109 Å². The zero-order valence-corrected chi connectivity index (χ0v) is 13.2. The molecule has 1 aromatic carbocycles. The molecule has 0 atom stereocenters. The molecule has 0 aliphatic carbocycles. The molecule has 8 heteroatoms. The van der Waals surface area contributed by atoms with E-state index in [1.54, 1.807) is 12.1 Å². The predicted octanol–water partition coefficient (Wildman–Crippen LogP) is 1.66. The van der Waals surface area contributed by atoms with E-state index in [0.29, 0.717) is 11.3 Å². The minimum atomic E-state index is -0.813. The molecule has 1 aliphatic rings. The third-order valence-corrected chi connectivity index (χ3v) is 3.59. The second-order valence-corrected chi connectivity index (χ2v) is 5.22. The molecule has 0 saturated carbocycles. The number of rotatable bonds is 4. The molecule has 2 aromatic rings. The summed E-state index contributed by atoms with van der Waals surface area (Å²) in [6.07, 6.45) is 2.74. The number of imide groups is 2. The first-order valence-corrected chi connectivity index (χ1v) is 7.28. The highest BCUT2D eigenvalue weighted by Gasteiger charge is 2.36. The Morgan fingerprint density at radius 2 is 2.08 bits per heavy atom. The first-order chi connectivity index (χ1) is 12.0. The summed E-state index contributed by atoms with van der Waals surface area (Å²) in [6, 6.07) is 6.79. The van der Waals surface area contributed by atoms with E-state index in [1.165, 1.54) is 37.6 Å². The van der Waals surface area contributed by atoms with E-state index in [4.69, 9.17) is 9.15 Å². The summed E-state index contributed by atoms with van der Waals surface area (Å²) in [7, 11) is 1.38. The van der Waals surface area contributed by atoms with Crippen molar-refractivity contribution in [2.45, 2.75) is 6.54 Å². The molecule has 2 heterocycles. The highest BCUT2D eigenvalue weighted by Crippen LogP contribution is 2.27. The number of amides is 4. The van der Waals surface area contributed by atoms with Gasteiger partial charge < -0.3 is 14.3 Å². The molecule has 1 aromatic heterocycles. The fraction of sp³-hybridized carbons (Fsp3) is 0.118. The number of phenols is 1. The van der Waals surface area contributed by atoms with E-state index in [1.807, 2.05) is 0 Å². The van der Waals surface area contributed by atoms with E-state index in [9.17, 15) is 19.5 Å². The zero-order chi connectivity index (χ0) is 18.0. The van der Waals surface area contributed by atoms with Crippen molar-refractivity contribution < 1.29 is 28.6 Å². The summed E-state index contributed by atoms with van der Waals surface area (Å²) < 4.78 is 10.1. The molecule has 4 amide bonds. The fourth-order valence-corrected chi connectivity index (χ4v) is 2.35. The van der Waals surface area contributed by atoms with Crippen LogP contribution in [0.25, 0.3) is 6.08 Å². The van der Waals surface area contributed by atoms with Gasteiger partial charge in [-0.25, -0.2) is 4.79 Å². The third-order valence-electron chi connectivity index (χ3n) is 3.59. The average Bonchev–Trinajstić information content (AvgIpc) is 3.10. The maximum Gasteiger partial charge on any atom is 0.331 e. The maximum absolute atomic E-state index is 12.6. The number of hydrogen-bond acceptors (Lipinski definition) is 6. The van der Waals surface area contributed by atoms with Gasteiger partial charge in [-0.3, -0.25) is 19.8 Å². The smallest absolute Gasteiger partial charge is 0.331 e. The molecule has 128 valence electrons. The van der Waals surface area contributed by atoms with E-state index in [-0.39, 0.29) is 23.6 Å². The van der Waals surface area contributed by atoms with Gasteiger partial charge in [0.1, 0.15) is 11.3 Å². The van der Waals surface area contributed by atoms with Gasteiger partial charge in [0, 0.05) is 0 Å². The summed E-state index contributed by atoms with van der Waals surface area (Å²) in [5, 5.41) is 11.7. The number of phenolic OH excluding ortho intramolecular Hbond substituents is 1. The fourth-order valence-electron chi connectivity index (χ4n) is 2.35. The minimum Gasteiger partial charge on any atom is -0.504 e. The molecule has 25 heavy (non-hydrogen) atoms. The van der Waals surface area contributed by atoms with Crippen LogP contribution >= 0.6 is 0 Å². The van der Waals surface area contributed by atoms with Gasteiger partial charge in [-0.2, -0.15) is 0 Å². The van der Waals surface area contributed by atoms with E-state index in [0.717, 1.165) is 4.90 Å². The highest BCUT2D eigenvalue weighted by atomic mass is 16.5. The standard InChI is InChI=1S/C17H14N2O6/c1-24-14-8-10(4-5-13(14)20)7-12-15(21)18-17(23)19(16(12)22)9-11-3-2-6-25-11/h2-8,20H,9H2,1H3,(H,18,21,23)/b12-7+. The number of urea groups is 1. The Kier molecular flexibility index (Phi) is 4.25. The van der Waals surface area contributed by atoms with Gasteiger partial charge in [0.25, 0.3) is 11.8 Å². The van der Waals surface area contributed by atoms with E-state index in [2.05, 4.69) is 5.32 Å². The molecule has 1 fully saturated rings. The summed E-state index contributed by atoms with van der Waals surface area (Å²) >= 11 is 0. The lowest BCUT2D eigenvalue weighted by Gasteiger charge is -2.25. The molecule has 1 saturated heterocycles. The van der Waals surface area contributed by atoms with Crippen LogP contribution in [0.15, 0.2) is 46.6 Å². The molecule has 0 radical (unpaired) electrons. The summed E-state index contributed by atoms with van der Waals surface area (Å²) in [4.78, 5) is 37.4. The van der Waals surface area contributed by atoms with Crippen LogP contribution in [0.4, 0.5) is 4.79 Å². The number of methoxy groups -OCH3 is 1. The van der Waals surface area contributed by atoms with Crippen molar-refractivity contribution in [3.63, 3.8) is 0 Å². The number of benzene rings is 1. The van der Waals surface area contributed by atoms with E-state index < -0.39 is 17.8 Å². The number of furan rings is 1. The van der Waals surface area contributed by atoms with Crippen molar-refractivity contribution >= 4 is 23.9 Å². The molecular formula is C17H14N2O6. The lowest BCUT2D eigenvalue weighted by molar-refractivity contribution is -0.130. The SMILES string of the molecule is COc1cc(/C=C2\C(=O)NC(=O)N(Cc3ccco3)C2=O)ccc1O. The number of hydrogen-bond donors (Lipinski definition) is 2. The Labute approximate surface area is 142 Å². The van der Waals surface area contributed by atoms with Crippen LogP contribution < -0.4 is 10.1 Å². The number of carbonyl (C=O) groups excluding carboxylic acids is 3. The van der Waals surface area contributed by atoms with Crippen molar-refractivity contribution in [3.05, 3.63) is 53.5 Å². The molecule has 0 spiro atoms. The maximum atomic E-state index is 12.6. The van der Waals surface area contributed by atoms with Crippen LogP contribution in [0, 0.1) is 0 Å². The Morgan fingerprint density at radius 3 is 2.76 bits per heavy atom. The molecule has 3 rings (SSSR count). The van der Waals surface area contributed by atoms with Gasteiger partial charge >= 0.3 is 6.03 Å². The number of barbiturate groups is 1. The van der Waals surface area contributed by atoms with Crippen LogP contribution in [0.5, 0.6) is 11.5 Å². The highest BCUT2D eigenvalue weighted by molar-refractivity contribution is 6.30. The molecule has 8 nitrogen and oxygen atoms in total. The van der Waals surface area contributed by atoms with Crippen molar-refractivity contribution in [1.82, 2.24) is 10.2 Å². The Bertz CT molecular complexity index is 869. The number of ether oxygens (including phenoxy) is 1. The Morgan fingerprint density at radius 1 is 1.28 bits per heavy atom. The van der Waals surface area contributed by atoms with Crippen LogP contribution in [0.1, 0.15) is 11.3 Å². The first kappa shape index (κ1) is 16.3. The van der Waals surface area contributed by atoms with Gasteiger partial charge in [0.2, 0.25) is 0 Å². The van der Waals surface area contributed by atoms with Crippen LogP contribution in [-0.4, -0.2) is 35.0 Å². The molecular weight excluding hydrogens is 328 g/mol. The lowest BCUT2D eigenvalue weighted by atomic mass is 10.1. The molecule has 2 N–H and O–H groups in total. The van der Waals surface area contributed by atoms with Crippen LogP contribution in [-0.2, 0) is 16.1 Å². The van der Waals surface area contributed by atoms with Crippen molar-refractivity contribution in [2.75, 3.05) is 7.11 Å². The zero-order valence-electron chi connectivity index (χ0n) is 13.2. The predicted molar refractivity (Wildman–Crippen MR) is 85.4 cm³/mol. The number of nitrogens with one attached hydrogen (secondary N) is 1. The number of nitrogens with zero attached hydrogens (tertiary/aromatic N) is 1. The molecule has 0 unspecified atom stereocenters. The van der Waals surface area contributed by atoms with Crippen molar-refractivity contribution in [1.29, 1.82) is 0 Å². The van der Waals surface area contributed by atoms with Gasteiger partial charge in [0.15, 0.2) is 11.5 Å². The van der Waals surface area contributed by atoms with Gasteiger partial charge in [-0.15, -0.1) is 0 Å².